The van der Waals surface area contributed by atoms with Crippen LogP contribution >= 0.6 is 11.8 Å². The van der Waals surface area contributed by atoms with Gasteiger partial charge in [-0.15, -0.1) is 0 Å². The molecule has 2 aliphatic heterocycles. The molecule has 0 radical (unpaired) electrons. The van der Waals surface area contributed by atoms with E-state index in [2.05, 4.69) is 0 Å². The molecule has 0 aromatic heterocycles. The van der Waals surface area contributed by atoms with Crippen molar-refractivity contribution in [2.45, 2.75) is 31.8 Å². The summed E-state index contributed by atoms with van der Waals surface area (Å²) in [6.07, 6.45) is 2.46. The summed E-state index contributed by atoms with van der Waals surface area (Å²) in [4.78, 5) is 12.6. The predicted molar refractivity (Wildman–Crippen MR) is 78.8 cm³/mol. The van der Waals surface area contributed by atoms with Gasteiger partial charge in [-0.2, -0.15) is 11.8 Å². The van der Waals surface area contributed by atoms with Gasteiger partial charge in [0, 0.05) is 18.3 Å². The highest BCUT2D eigenvalue weighted by Gasteiger charge is 2.42. The van der Waals surface area contributed by atoms with Gasteiger partial charge in [-0.1, -0.05) is 11.6 Å². The fourth-order valence-corrected chi connectivity index (χ4v) is 4.54. The number of carbonyl (C=O) groups excluding carboxylic acids is 1. The Labute approximate surface area is 123 Å². The minimum absolute atomic E-state index is 0.0502. The average molecular weight is 294 g/mol. The van der Waals surface area contributed by atoms with Crippen LogP contribution in [0.3, 0.4) is 0 Å². The lowest BCUT2D eigenvalue weighted by Crippen LogP contribution is -2.42. The van der Waals surface area contributed by atoms with Crippen LogP contribution < -0.4 is 0 Å². The first-order valence-electron chi connectivity index (χ1n) is 7.12. The summed E-state index contributed by atoms with van der Waals surface area (Å²) in [6, 6.07) is 4.76. The zero-order valence-electron chi connectivity index (χ0n) is 11.7. The average Bonchev–Trinajstić information content (AvgIpc) is 2.88. The van der Waals surface area contributed by atoms with Crippen molar-refractivity contribution in [3.63, 3.8) is 0 Å². The van der Waals surface area contributed by atoms with E-state index in [4.69, 9.17) is 4.74 Å². The molecule has 2 saturated heterocycles. The second kappa shape index (κ2) is 5.49. The summed E-state index contributed by atoms with van der Waals surface area (Å²) in [5.41, 5.74) is 1.04. The summed E-state index contributed by atoms with van der Waals surface area (Å²) >= 11 is 1.88. The van der Waals surface area contributed by atoms with E-state index in [1.54, 1.807) is 12.1 Å². The highest BCUT2D eigenvalue weighted by Crippen LogP contribution is 2.41. The van der Waals surface area contributed by atoms with Gasteiger partial charge in [-0.25, -0.2) is 4.39 Å². The summed E-state index contributed by atoms with van der Waals surface area (Å²) in [7, 11) is 0. The number of ether oxygens (including phenoxy) is 1. The number of thioether (sulfide) groups is 1. The van der Waals surface area contributed by atoms with Crippen molar-refractivity contribution in [1.82, 2.24) is 0 Å². The Balaban J connectivity index is 1.81. The van der Waals surface area contributed by atoms with Crippen molar-refractivity contribution in [3.05, 3.63) is 35.1 Å². The molecule has 0 saturated carbocycles. The summed E-state index contributed by atoms with van der Waals surface area (Å²) in [5.74, 6) is 1.51. The van der Waals surface area contributed by atoms with Crippen LogP contribution in [0.25, 0.3) is 0 Å². The number of benzene rings is 1. The molecule has 1 aromatic rings. The van der Waals surface area contributed by atoms with Gasteiger partial charge < -0.3 is 4.74 Å². The monoisotopic (exact) mass is 294 g/mol. The quantitative estimate of drug-likeness (QED) is 0.779. The first-order chi connectivity index (χ1) is 9.60. The molecule has 2 atom stereocenters. The zero-order chi connectivity index (χ0) is 14.2. The molecule has 2 nitrogen and oxygen atoms in total. The first kappa shape index (κ1) is 14.1. The van der Waals surface area contributed by atoms with Gasteiger partial charge in [-0.3, -0.25) is 4.79 Å². The maximum Gasteiger partial charge on any atom is 0.169 e. The van der Waals surface area contributed by atoms with Crippen LogP contribution in [-0.2, 0) is 4.74 Å². The van der Waals surface area contributed by atoms with Crippen molar-refractivity contribution in [3.8, 4) is 0 Å². The maximum atomic E-state index is 13.9. The van der Waals surface area contributed by atoms with E-state index in [-0.39, 0.29) is 22.9 Å². The second-order valence-electron chi connectivity index (χ2n) is 5.87. The van der Waals surface area contributed by atoms with Gasteiger partial charge in [0.05, 0.1) is 11.2 Å². The number of Topliss-reactive ketones (excluding diaryl/α,β-unsaturated/α-hetero) is 1. The molecule has 2 unspecified atom stereocenters. The molecular weight excluding hydrogens is 275 g/mol. The van der Waals surface area contributed by atoms with E-state index >= 15 is 0 Å². The number of aryl methyl sites for hydroxylation is 1. The van der Waals surface area contributed by atoms with Gasteiger partial charge >= 0.3 is 0 Å². The maximum absolute atomic E-state index is 13.9. The number of hydrogen-bond acceptors (Lipinski definition) is 3. The van der Waals surface area contributed by atoms with Crippen molar-refractivity contribution in [2.24, 2.45) is 5.92 Å². The SMILES string of the molecule is Cc1ccc(F)c(C(=O)C2CCOC3(CCSC3)C2)c1. The van der Waals surface area contributed by atoms with Crippen LogP contribution in [0.2, 0.25) is 0 Å². The second-order valence-corrected chi connectivity index (χ2v) is 6.98. The van der Waals surface area contributed by atoms with Gasteiger partial charge in [0.15, 0.2) is 5.78 Å². The largest absolute Gasteiger partial charge is 0.374 e. The normalized spacial score (nSPS) is 29.8. The zero-order valence-corrected chi connectivity index (χ0v) is 12.5. The molecule has 0 aliphatic carbocycles. The fraction of sp³-hybridized carbons (Fsp3) is 0.562. The van der Waals surface area contributed by atoms with Gasteiger partial charge in [-0.05, 0) is 44.1 Å². The Bertz CT molecular complexity index is 523. The van der Waals surface area contributed by atoms with E-state index in [9.17, 15) is 9.18 Å². The van der Waals surface area contributed by atoms with Crippen LogP contribution in [0.5, 0.6) is 0 Å². The molecular formula is C16H19FO2S. The Morgan fingerprint density at radius 3 is 3.10 bits per heavy atom. The number of hydrogen-bond donors (Lipinski definition) is 0. The lowest BCUT2D eigenvalue weighted by atomic mass is 9.81. The molecule has 0 N–H and O–H groups in total. The lowest BCUT2D eigenvalue weighted by Gasteiger charge is -2.37. The van der Waals surface area contributed by atoms with E-state index in [0.717, 1.165) is 29.9 Å². The molecule has 0 bridgehead atoms. The molecule has 0 amide bonds. The smallest absolute Gasteiger partial charge is 0.169 e. The van der Waals surface area contributed by atoms with E-state index in [1.165, 1.54) is 6.07 Å². The Morgan fingerprint density at radius 1 is 1.50 bits per heavy atom. The Kier molecular flexibility index (Phi) is 3.87. The fourth-order valence-electron chi connectivity index (χ4n) is 3.16. The van der Waals surface area contributed by atoms with E-state index in [1.807, 2.05) is 18.7 Å². The molecule has 108 valence electrons. The number of halogens is 1. The molecule has 2 aliphatic rings. The van der Waals surface area contributed by atoms with Crippen LogP contribution in [0, 0.1) is 18.7 Å². The minimum Gasteiger partial charge on any atom is -0.374 e. The molecule has 2 fully saturated rings. The van der Waals surface area contributed by atoms with Crippen molar-refractivity contribution >= 4 is 17.5 Å². The Morgan fingerprint density at radius 2 is 2.35 bits per heavy atom. The first-order valence-corrected chi connectivity index (χ1v) is 8.27. The van der Waals surface area contributed by atoms with Crippen LogP contribution in [-0.4, -0.2) is 29.5 Å². The molecule has 20 heavy (non-hydrogen) atoms. The van der Waals surface area contributed by atoms with E-state index < -0.39 is 5.82 Å². The third-order valence-corrected chi connectivity index (χ3v) is 5.54. The third-order valence-electron chi connectivity index (χ3n) is 4.32. The van der Waals surface area contributed by atoms with Crippen molar-refractivity contribution in [2.75, 3.05) is 18.1 Å². The summed E-state index contributed by atoms with van der Waals surface area (Å²) in [6.45, 7) is 2.50. The topological polar surface area (TPSA) is 26.3 Å². The standard InChI is InChI=1S/C16H19FO2S/c1-11-2-3-14(17)13(8-11)15(18)12-4-6-19-16(9-12)5-7-20-10-16/h2-3,8,12H,4-7,9-10H2,1H3. The van der Waals surface area contributed by atoms with Gasteiger partial charge in [0.2, 0.25) is 0 Å². The third kappa shape index (κ3) is 2.63. The summed E-state index contributed by atoms with van der Waals surface area (Å²) < 4.78 is 19.8. The summed E-state index contributed by atoms with van der Waals surface area (Å²) in [5, 5.41) is 0. The number of rotatable bonds is 2. The van der Waals surface area contributed by atoms with Crippen LogP contribution in [0.15, 0.2) is 18.2 Å². The molecule has 1 aromatic carbocycles. The van der Waals surface area contributed by atoms with Crippen LogP contribution in [0.1, 0.15) is 35.2 Å². The number of carbonyl (C=O) groups is 1. The highest BCUT2D eigenvalue weighted by molar-refractivity contribution is 7.99. The predicted octanol–water partition coefficient (Wildman–Crippen LogP) is 3.62. The van der Waals surface area contributed by atoms with Crippen molar-refractivity contribution < 1.29 is 13.9 Å². The van der Waals surface area contributed by atoms with Gasteiger partial charge in [0.1, 0.15) is 5.82 Å². The molecule has 1 spiro atoms. The number of ketones is 1. The highest BCUT2D eigenvalue weighted by atomic mass is 32.2. The Hall–Kier alpha value is -0.870. The van der Waals surface area contributed by atoms with E-state index in [0.29, 0.717) is 13.0 Å². The molecule has 3 rings (SSSR count). The molecule has 4 heteroatoms. The minimum atomic E-state index is -0.401. The van der Waals surface area contributed by atoms with Crippen molar-refractivity contribution in [1.29, 1.82) is 0 Å². The molecule has 2 heterocycles. The van der Waals surface area contributed by atoms with Crippen LogP contribution in [0.4, 0.5) is 4.39 Å². The lowest BCUT2D eigenvalue weighted by molar-refractivity contribution is -0.0735. The van der Waals surface area contributed by atoms with Gasteiger partial charge in [0.25, 0.3) is 0 Å².